The number of hydrogen-bond donors (Lipinski definition) is 2. The molecular formula is C17H14N4O7S. The maximum Gasteiger partial charge on any atom is 0.305 e. The van der Waals surface area contributed by atoms with Crippen LogP contribution in [0.2, 0.25) is 0 Å². The number of amides is 1. The summed E-state index contributed by atoms with van der Waals surface area (Å²) in [6, 6.07) is 7.51. The second-order valence-electron chi connectivity index (χ2n) is 5.69. The fourth-order valence-corrected chi connectivity index (χ4v) is 3.36. The predicted octanol–water partition coefficient (Wildman–Crippen LogP) is 2.26. The van der Waals surface area contributed by atoms with Crippen molar-refractivity contribution in [2.24, 2.45) is 10.2 Å². The van der Waals surface area contributed by atoms with Gasteiger partial charge in [0.05, 0.1) is 36.3 Å². The van der Waals surface area contributed by atoms with Gasteiger partial charge in [-0.15, -0.1) is 5.10 Å². The molecule has 1 atom stereocenters. The number of benzene rings is 1. The van der Waals surface area contributed by atoms with Gasteiger partial charge in [-0.1, -0.05) is 11.8 Å². The third kappa shape index (κ3) is 4.79. The van der Waals surface area contributed by atoms with Crippen LogP contribution in [0.1, 0.15) is 12.2 Å². The highest BCUT2D eigenvalue weighted by Crippen LogP contribution is 2.34. The average molecular weight is 418 g/mol. The van der Waals surface area contributed by atoms with Gasteiger partial charge in [0.2, 0.25) is 5.91 Å². The van der Waals surface area contributed by atoms with E-state index in [4.69, 9.17) is 14.3 Å². The minimum Gasteiger partial charge on any atom is -0.497 e. The van der Waals surface area contributed by atoms with Gasteiger partial charge in [-0.05, 0) is 24.3 Å². The summed E-state index contributed by atoms with van der Waals surface area (Å²) in [7, 11) is 1.41. The molecule has 0 aliphatic carbocycles. The minimum absolute atomic E-state index is 0.169. The number of ether oxygens (including phenoxy) is 1. The highest BCUT2D eigenvalue weighted by atomic mass is 32.2. The molecule has 0 saturated carbocycles. The minimum atomic E-state index is -1.09. The maximum atomic E-state index is 11.6. The van der Waals surface area contributed by atoms with Crippen molar-refractivity contribution in [3.05, 3.63) is 46.2 Å². The standard InChI is InChI=1S/C17H14N4O7S/c1-27-9-2-4-11(12(6-9)21(25)26)13-5-3-10(28-13)8-18-20-17-19-16(24)14(29-17)7-15(22)23/h2-6,8,14H,7H2,1H3,(H,22,23)(H,19,20,24). The van der Waals surface area contributed by atoms with Gasteiger partial charge < -0.3 is 19.6 Å². The second kappa shape index (κ2) is 8.56. The lowest BCUT2D eigenvalue weighted by Crippen LogP contribution is -2.26. The van der Waals surface area contributed by atoms with Crippen molar-refractivity contribution in [2.75, 3.05) is 7.11 Å². The summed E-state index contributed by atoms with van der Waals surface area (Å²) in [6.45, 7) is 0. The number of carbonyl (C=O) groups is 2. The fraction of sp³-hybridized carbons (Fsp3) is 0.176. The van der Waals surface area contributed by atoms with E-state index in [1.165, 1.54) is 25.5 Å². The number of carbonyl (C=O) groups excluding carboxylic acids is 1. The molecule has 1 amide bonds. The zero-order chi connectivity index (χ0) is 21.0. The molecule has 1 aliphatic heterocycles. The van der Waals surface area contributed by atoms with E-state index in [0.29, 0.717) is 5.75 Å². The van der Waals surface area contributed by atoms with Crippen LogP contribution < -0.4 is 10.1 Å². The molecule has 2 aromatic rings. The maximum absolute atomic E-state index is 11.6. The summed E-state index contributed by atoms with van der Waals surface area (Å²) >= 11 is 0.970. The van der Waals surface area contributed by atoms with Gasteiger partial charge >= 0.3 is 5.97 Å². The van der Waals surface area contributed by atoms with Crippen LogP contribution in [0.5, 0.6) is 5.75 Å². The van der Waals surface area contributed by atoms with Crippen LogP contribution in [-0.2, 0) is 9.59 Å². The summed E-state index contributed by atoms with van der Waals surface area (Å²) in [5.74, 6) is -0.636. The normalized spacial score (nSPS) is 17.6. The van der Waals surface area contributed by atoms with Crippen LogP contribution in [0.15, 0.2) is 45.0 Å². The Bertz CT molecular complexity index is 1030. The number of methoxy groups -OCH3 is 1. The molecule has 12 heteroatoms. The van der Waals surface area contributed by atoms with Gasteiger partial charge in [0.15, 0.2) is 5.17 Å². The first-order valence-corrected chi connectivity index (χ1v) is 8.98. The summed E-state index contributed by atoms with van der Waals surface area (Å²) in [4.78, 5) is 33.1. The molecule has 1 unspecified atom stereocenters. The number of nitro benzene ring substituents is 1. The number of aliphatic carboxylic acids is 1. The Morgan fingerprint density at radius 3 is 2.93 bits per heavy atom. The molecule has 1 saturated heterocycles. The Morgan fingerprint density at radius 2 is 2.24 bits per heavy atom. The molecule has 0 bridgehead atoms. The van der Waals surface area contributed by atoms with Crippen molar-refractivity contribution < 1.29 is 28.8 Å². The molecule has 29 heavy (non-hydrogen) atoms. The van der Waals surface area contributed by atoms with E-state index in [1.807, 2.05) is 0 Å². The number of carboxylic acids is 1. The van der Waals surface area contributed by atoms with Gasteiger partial charge in [0, 0.05) is 0 Å². The van der Waals surface area contributed by atoms with Crippen LogP contribution >= 0.6 is 11.8 Å². The molecule has 0 radical (unpaired) electrons. The van der Waals surface area contributed by atoms with E-state index < -0.39 is 22.0 Å². The third-order valence-electron chi connectivity index (χ3n) is 3.76. The molecule has 1 aromatic heterocycles. The summed E-state index contributed by atoms with van der Waals surface area (Å²) in [5, 5.41) is 29.5. The van der Waals surface area contributed by atoms with Crippen molar-refractivity contribution in [1.29, 1.82) is 0 Å². The molecule has 2 heterocycles. The molecule has 150 valence electrons. The number of nitrogens with zero attached hydrogens (tertiary/aromatic N) is 3. The first-order valence-electron chi connectivity index (χ1n) is 8.10. The Labute approximate surface area is 167 Å². The Morgan fingerprint density at radius 1 is 1.45 bits per heavy atom. The summed E-state index contributed by atoms with van der Waals surface area (Å²) in [6.07, 6.45) is 0.949. The van der Waals surface area contributed by atoms with Gasteiger partial charge in [-0.2, -0.15) is 5.10 Å². The molecule has 3 rings (SSSR count). The molecule has 1 aliphatic rings. The molecular weight excluding hydrogens is 404 g/mol. The monoisotopic (exact) mass is 418 g/mol. The number of nitrogens with one attached hydrogen (secondary N) is 1. The van der Waals surface area contributed by atoms with Gasteiger partial charge in [-0.25, -0.2) is 0 Å². The lowest BCUT2D eigenvalue weighted by Gasteiger charge is -2.03. The smallest absolute Gasteiger partial charge is 0.305 e. The van der Waals surface area contributed by atoms with E-state index in [1.54, 1.807) is 18.2 Å². The second-order valence-corrected chi connectivity index (χ2v) is 6.88. The summed E-state index contributed by atoms with van der Waals surface area (Å²) in [5.41, 5.74) is 0.105. The first-order chi connectivity index (χ1) is 13.9. The van der Waals surface area contributed by atoms with Crippen LogP contribution in [0.3, 0.4) is 0 Å². The first kappa shape index (κ1) is 20.1. The quantitative estimate of drug-likeness (QED) is 0.394. The number of carboxylic acid groups (broad SMARTS) is 1. The van der Waals surface area contributed by atoms with E-state index in [9.17, 15) is 19.7 Å². The molecule has 1 fully saturated rings. The van der Waals surface area contributed by atoms with E-state index in [2.05, 4.69) is 15.5 Å². The van der Waals surface area contributed by atoms with Crippen molar-refractivity contribution >= 4 is 40.7 Å². The van der Waals surface area contributed by atoms with Gasteiger partial charge in [0.25, 0.3) is 5.69 Å². The number of hydrogen-bond acceptors (Lipinski definition) is 9. The predicted molar refractivity (Wildman–Crippen MR) is 104 cm³/mol. The Kier molecular flexibility index (Phi) is 5.93. The van der Waals surface area contributed by atoms with Gasteiger partial charge in [-0.3, -0.25) is 19.7 Å². The zero-order valence-electron chi connectivity index (χ0n) is 14.9. The van der Waals surface area contributed by atoms with Crippen molar-refractivity contribution in [2.45, 2.75) is 11.7 Å². The molecule has 0 spiro atoms. The Balaban J connectivity index is 1.74. The number of amidine groups is 1. The third-order valence-corrected chi connectivity index (χ3v) is 4.84. The highest BCUT2D eigenvalue weighted by Gasteiger charge is 2.32. The lowest BCUT2D eigenvalue weighted by atomic mass is 10.1. The van der Waals surface area contributed by atoms with Crippen molar-refractivity contribution in [1.82, 2.24) is 5.32 Å². The summed E-state index contributed by atoms with van der Waals surface area (Å²) < 4.78 is 10.6. The number of furan rings is 1. The molecule has 11 nitrogen and oxygen atoms in total. The number of rotatable bonds is 7. The average Bonchev–Trinajstić information content (AvgIpc) is 3.28. The number of nitro groups is 1. The van der Waals surface area contributed by atoms with Crippen LogP contribution in [0.4, 0.5) is 5.69 Å². The van der Waals surface area contributed by atoms with E-state index in [0.717, 1.165) is 11.8 Å². The zero-order valence-corrected chi connectivity index (χ0v) is 15.7. The largest absolute Gasteiger partial charge is 0.497 e. The van der Waals surface area contributed by atoms with E-state index in [-0.39, 0.29) is 34.4 Å². The molecule has 2 N–H and O–H groups in total. The van der Waals surface area contributed by atoms with Crippen LogP contribution in [-0.4, -0.2) is 45.6 Å². The van der Waals surface area contributed by atoms with E-state index >= 15 is 0 Å². The topological polar surface area (TPSA) is 157 Å². The lowest BCUT2D eigenvalue weighted by molar-refractivity contribution is -0.384. The van der Waals surface area contributed by atoms with Crippen LogP contribution in [0.25, 0.3) is 11.3 Å². The SMILES string of the molecule is COc1ccc(-c2ccc(C=NN=C3NC(=O)C(CC(=O)O)S3)o2)c([N+](=O)[O-])c1. The fourth-order valence-electron chi connectivity index (χ4n) is 2.45. The van der Waals surface area contributed by atoms with Gasteiger partial charge in [0.1, 0.15) is 22.5 Å². The van der Waals surface area contributed by atoms with Crippen molar-refractivity contribution in [3.63, 3.8) is 0 Å². The number of thioether (sulfide) groups is 1. The molecule has 1 aromatic carbocycles. The van der Waals surface area contributed by atoms with Crippen molar-refractivity contribution in [3.8, 4) is 17.1 Å². The highest BCUT2D eigenvalue weighted by molar-refractivity contribution is 8.15. The Hall–Kier alpha value is -3.67. The van der Waals surface area contributed by atoms with Crippen LogP contribution in [0, 0.1) is 10.1 Å².